The van der Waals surface area contributed by atoms with Gasteiger partial charge >= 0.3 is 12.1 Å². The third-order valence-electron chi connectivity index (χ3n) is 3.40. The zero-order chi connectivity index (χ0) is 15.8. The van der Waals surface area contributed by atoms with Gasteiger partial charge in [-0.2, -0.15) is 0 Å². The van der Waals surface area contributed by atoms with Crippen LogP contribution in [0.3, 0.4) is 0 Å². The molecule has 5 nitrogen and oxygen atoms in total. The first-order valence-corrected chi connectivity index (χ1v) is 7.46. The summed E-state index contributed by atoms with van der Waals surface area (Å²) in [7, 11) is 0. The summed E-state index contributed by atoms with van der Waals surface area (Å²) in [6.07, 6.45) is 5.49. The van der Waals surface area contributed by atoms with Crippen molar-refractivity contribution in [1.82, 2.24) is 5.32 Å². The first-order chi connectivity index (χ1) is 10.6. The van der Waals surface area contributed by atoms with Crippen LogP contribution in [0, 0.1) is 0 Å². The highest BCUT2D eigenvalue weighted by Gasteiger charge is 2.17. The van der Waals surface area contributed by atoms with Crippen molar-refractivity contribution in [2.24, 2.45) is 0 Å². The number of alkyl carbamates (subject to hydrolysis) is 1. The highest BCUT2D eigenvalue weighted by atomic mass is 16.5. The van der Waals surface area contributed by atoms with Gasteiger partial charge in [0.2, 0.25) is 0 Å². The maximum absolute atomic E-state index is 11.8. The number of rotatable bonds is 4. The van der Waals surface area contributed by atoms with Gasteiger partial charge in [-0.25, -0.2) is 4.79 Å². The van der Waals surface area contributed by atoms with Crippen LogP contribution < -0.4 is 5.32 Å². The highest BCUT2D eigenvalue weighted by Crippen LogP contribution is 2.15. The summed E-state index contributed by atoms with van der Waals surface area (Å²) in [5.41, 5.74) is 0.948. The van der Waals surface area contributed by atoms with Crippen LogP contribution in [0.4, 0.5) is 4.79 Å². The van der Waals surface area contributed by atoms with E-state index < -0.39 is 6.09 Å². The van der Waals surface area contributed by atoms with Crippen LogP contribution in [0.15, 0.2) is 42.5 Å². The number of esters is 1. The lowest BCUT2D eigenvalue weighted by Crippen LogP contribution is -2.33. The van der Waals surface area contributed by atoms with Gasteiger partial charge in [-0.1, -0.05) is 36.4 Å². The van der Waals surface area contributed by atoms with E-state index in [1.165, 1.54) is 6.92 Å². The van der Waals surface area contributed by atoms with E-state index in [9.17, 15) is 9.59 Å². The molecule has 0 saturated heterocycles. The third kappa shape index (κ3) is 5.60. The molecule has 0 fully saturated rings. The first kappa shape index (κ1) is 16.1. The van der Waals surface area contributed by atoms with Crippen LogP contribution in [0.2, 0.25) is 0 Å². The Morgan fingerprint density at radius 3 is 2.68 bits per heavy atom. The van der Waals surface area contributed by atoms with Gasteiger partial charge < -0.3 is 14.8 Å². The Morgan fingerprint density at radius 1 is 1.18 bits per heavy atom. The summed E-state index contributed by atoms with van der Waals surface area (Å²) in [5.74, 6) is -0.289. The summed E-state index contributed by atoms with van der Waals surface area (Å²) in [6, 6.07) is 9.44. The zero-order valence-electron chi connectivity index (χ0n) is 12.7. The zero-order valence-corrected chi connectivity index (χ0v) is 12.7. The number of carbonyl (C=O) groups excluding carboxylic acids is 2. The van der Waals surface area contributed by atoms with Crippen molar-refractivity contribution in [1.29, 1.82) is 0 Å². The summed E-state index contributed by atoms with van der Waals surface area (Å²) in [6.45, 7) is 1.65. The van der Waals surface area contributed by atoms with E-state index in [1.807, 2.05) is 42.5 Å². The molecule has 118 valence electrons. The second-order valence-corrected chi connectivity index (χ2v) is 5.28. The standard InChI is InChI=1S/C17H21NO4/c1-13(19)22-16-9-5-8-15(10-11-16)18-17(20)21-12-14-6-3-2-4-7-14/h2-4,6-7,10-11,15-16H,5,8-9,12H2,1H3,(H,18,20)/t15-,16+/m1/s1. The van der Waals surface area contributed by atoms with Crippen molar-refractivity contribution in [3.63, 3.8) is 0 Å². The van der Waals surface area contributed by atoms with E-state index in [4.69, 9.17) is 9.47 Å². The van der Waals surface area contributed by atoms with Crippen LogP contribution in [0.25, 0.3) is 0 Å². The van der Waals surface area contributed by atoms with Crippen LogP contribution in [0.1, 0.15) is 31.7 Å². The molecular weight excluding hydrogens is 282 g/mol. The number of nitrogens with one attached hydrogen (secondary N) is 1. The molecule has 0 radical (unpaired) electrons. The second-order valence-electron chi connectivity index (χ2n) is 5.28. The third-order valence-corrected chi connectivity index (χ3v) is 3.40. The normalized spacial score (nSPS) is 20.8. The molecule has 0 heterocycles. The molecule has 1 N–H and O–H groups in total. The lowest BCUT2D eigenvalue weighted by molar-refractivity contribution is -0.144. The van der Waals surface area contributed by atoms with Gasteiger partial charge in [0.15, 0.2) is 0 Å². The average Bonchev–Trinajstić information content (AvgIpc) is 2.71. The van der Waals surface area contributed by atoms with Crippen LogP contribution in [-0.2, 0) is 20.9 Å². The van der Waals surface area contributed by atoms with Gasteiger partial charge in [0.1, 0.15) is 12.7 Å². The van der Waals surface area contributed by atoms with E-state index in [1.54, 1.807) is 0 Å². The summed E-state index contributed by atoms with van der Waals surface area (Å²) >= 11 is 0. The van der Waals surface area contributed by atoms with E-state index in [-0.39, 0.29) is 24.7 Å². The van der Waals surface area contributed by atoms with Crippen LogP contribution in [0.5, 0.6) is 0 Å². The molecule has 1 aromatic rings. The Bertz CT molecular complexity index is 527. The average molecular weight is 303 g/mol. The molecule has 22 heavy (non-hydrogen) atoms. The lowest BCUT2D eigenvalue weighted by Gasteiger charge is -2.13. The van der Waals surface area contributed by atoms with Gasteiger partial charge in [0.05, 0.1) is 6.04 Å². The molecule has 5 heteroatoms. The number of amides is 1. The molecule has 1 aliphatic carbocycles. The van der Waals surface area contributed by atoms with E-state index >= 15 is 0 Å². The quantitative estimate of drug-likeness (QED) is 0.686. The minimum Gasteiger partial charge on any atom is -0.458 e. The molecule has 1 aromatic carbocycles. The largest absolute Gasteiger partial charge is 0.458 e. The van der Waals surface area contributed by atoms with E-state index in [2.05, 4.69) is 5.32 Å². The van der Waals surface area contributed by atoms with Gasteiger partial charge in [0.25, 0.3) is 0 Å². The van der Waals surface area contributed by atoms with Crippen molar-refractivity contribution >= 4 is 12.1 Å². The Hall–Kier alpha value is -2.30. The molecule has 0 bridgehead atoms. The van der Waals surface area contributed by atoms with Gasteiger partial charge in [-0.3, -0.25) is 4.79 Å². The van der Waals surface area contributed by atoms with Crippen molar-refractivity contribution < 1.29 is 19.1 Å². The predicted octanol–water partition coefficient (Wildman–Crippen LogP) is 2.95. The first-order valence-electron chi connectivity index (χ1n) is 7.46. The Morgan fingerprint density at radius 2 is 1.95 bits per heavy atom. The predicted molar refractivity (Wildman–Crippen MR) is 82.1 cm³/mol. The second kappa shape index (κ2) is 8.22. The van der Waals surface area contributed by atoms with Gasteiger partial charge in [0, 0.05) is 6.92 Å². The number of ether oxygens (including phenoxy) is 2. The molecule has 0 aromatic heterocycles. The molecule has 2 rings (SSSR count). The molecule has 2 atom stereocenters. The molecule has 0 spiro atoms. The minimum atomic E-state index is -0.440. The fraction of sp³-hybridized carbons (Fsp3) is 0.412. The molecule has 0 saturated carbocycles. The molecule has 0 aliphatic heterocycles. The summed E-state index contributed by atoms with van der Waals surface area (Å²) in [4.78, 5) is 22.8. The van der Waals surface area contributed by atoms with Crippen molar-refractivity contribution in [2.45, 2.75) is 44.9 Å². The lowest BCUT2D eigenvalue weighted by atomic mass is 10.1. The number of benzene rings is 1. The van der Waals surface area contributed by atoms with Crippen LogP contribution in [-0.4, -0.2) is 24.2 Å². The smallest absolute Gasteiger partial charge is 0.407 e. The van der Waals surface area contributed by atoms with Crippen molar-refractivity contribution in [3.8, 4) is 0 Å². The highest BCUT2D eigenvalue weighted by molar-refractivity contribution is 5.68. The molecule has 1 amide bonds. The number of hydrogen-bond acceptors (Lipinski definition) is 4. The van der Waals surface area contributed by atoms with Gasteiger partial charge in [-0.05, 0) is 30.9 Å². The maximum Gasteiger partial charge on any atom is 0.407 e. The number of hydrogen-bond donors (Lipinski definition) is 1. The SMILES string of the molecule is CC(=O)O[C@@H]1C=C[C@H](NC(=O)OCc2ccccc2)CCC1. The molecular formula is C17H21NO4. The van der Waals surface area contributed by atoms with E-state index in [0.29, 0.717) is 0 Å². The monoisotopic (exact) mass is 303 g/mol. The molecule has 1 aliphatic rings. The van der Waals surface area contributed by atoms with E-state index in [0.717, 1.165) is 24.8 Å². The van der Waals surface area contributed by atoms with Gasteiger partial charge in [-0.15, -0.1) is 0 Å². The topological polar surface area (TPSA) is 64.6 Å². The van der Waals surface area contributed by atoms with Crippen molar-refractivity contribution in [3.05, 3.63) is 48.0 Å². The fourth-order valence-corrected chi connectivity index (χ4v) is 2.34. The maximum atomic E-state index is 11.8. The van der Waals surface area contributed by atoms with Crippen molar-refractivity contribution in [2.75, 3.05) is 0 Å². The molecule has 0 unspecified atom stereocenters. The Kier molecular flexibility index (Phi) is 6.01. The minimum absolute atomic E-state index is 0.0937. The summed E-state index contributed by atoms with van der Waals surface area (Å²) in [5, 5.41) is 2.81. The van der Waals surface area contributed by atoms with Crippen LogP contribution >= 0.6 is 0 Å². The number of carbonyl (C=O) groups is 2. The Labute approximate surface area is 130 Å². The Balaban J connectivity index is 1.77. The fourth-order valence-electron chi connectivity index (χ4n) is 2.34. The summed E-state index contributed by atoms with van der Waals surface area (Å²) < 4.78 is 10.4.